The second-order valence-corrected chi connectivity index (χ2v) is 4.67. The van der Waals surface area contributed by atoms with Gasteiger partial charge in [-0.1, -0.05) is 6.07 Å². The zero-order chi connectivity index (χ0) is 15.6. The first-order valence-electron chi connectivity index (χ1n) is 6.14. The van der Waals surface area contributed by atoms with Crippen molar-refractivity contribution in [3.8, 4) is 11.5 Å². The van der Waals surface area contributed by atoms with Crippen molar-refractivity contribution in [3.05, 3.63) is 63.2 Å². The van der Waals surface area contributed by atoms with Crippen molar-refractivity contribution in [2.45, 2.75) is 13.8 Å². The molecule has 0 aliphatic rings. The maximum Gasteiger partial charge on any atom is 0.339 e. The van der Waals surface area contributed by atoms with Crippen molar-refractivity contribution in [2.75, 3.05) is 0 Å². The number of non-ortho nitro benzene ring substituents is 1. The van der Waals surface area contributed by atoms with E-state index in [-0.39, 0.29) is 17.0 Å². The molecule has 0 atom stereocenters. The average Bonchev–Trinajstić information content (AvgIpc) is 2.37. The Balaban J connectivity index is 2.43. The van der Waals surface area contributed by atoms with E-state index in [0.717, 1.165) is 17.2 Å². The van der Waals surface area contributed by atoms with Gasteiger partial charge in [0.15, 0.2) is 0 Å². The van der Waals surface area contributed by atoms with Crippen LogP contribution in [0, 0.1) is 24.0 Å². The highest BCUT2D eigenvalue weighted by Crippen LogP contribution is 2.29. The minimum absolute atomic E-state index is 0.0677. The molecule has 1 N–H and O–H groups in total. The van der Waals surface area contributed by atoms with Gasteiger partial charge in [-0.3, -0.25) is 10.1 Å². The van der Waals surface area contributed by atoms with Gasteiger partial charge in [0.25, 0.3) is 5.69 Å². The fourth-order valence-electron chi connectivity index (χ4n) is 2.01. The summed E-state index contributed by atoms with van der Waals surface area (Å²) in [6.45, 7) is 3.79. The Labute approximate surface area is 120 Å². The second-order valence-electron chi connectivity index (χ2n) is 4.67. The molecule has 2 aromatic carbocycles. The quantitative estimate of drug-likeness (QED) is 0.684. The number of aryl methyl sites for hydroxylation is 2. The summed E-state index contributed by atoms with van der Waals surface area (Å²) in [5.74, 6) is -0.722. The van der Waals surface area contributed by atoms with E-state index in [1.165, 1.54) is 12.1 Å². The highest BCUT2D eigenvalue weighted by atomic mass is 16.6. The van der Waals surface area contributed by atoms with E-state index < -0.39 is 10.9 Å². The Hall–Kier alpha value is -2.89. The number of hydrogen-bond donors (Lipinski definition) is 1. The topological polar surface area (TPSA) is 89.7 Å². The number of nitro groups is 1. The van der Waals surface area contributed by atoms with Crippen LogP contribution in [0.4, 0.5) is 5.69 Å². The van der Waals surface area contributed by atoms with Gasteiger partial charge in [0, 0.05) is 12.1 Å². The molecule has 2 aromatic rings. The summed E-state index contributed by atoms with van der Waals surface area (Å²) in [5, 5.41) is 19.9. The second kappa shape index (κ2) is 5.62. The van der Waals surface area contributed by atoms with Crippen LogP contribution in [0.25, 0.3) is 0 Å². The molecule has 0 amide bonds. The van der Waals surface area contributed by atoms with Crippen molar-refractivity contribution in [1.29, 1.82) is 0 Å². The first-order valence-corrected chi connectivity index (χ1v) is 6.14. The van der Waals surface area contributed by atoms with Gasteiger partial charge in [-0.05, 0) is 43.2 Å². The summed E-state index contributed by atoms with van der Waals surface area (Å²) in [6, 6.07) is 8.98. The minimum atomic E-state index is -1.28. The standard InChI is InChI=1S/C15H13NO5/c1-9-5-10(2)7-12(6-9)21-14-4-3-11(16(19)20)8-13(14)15(17)18/h3-8H,1-2H3,(H,17,18). The van der Waals surface area contributed by atoms with E-state index in [4.69, 9.17) is 9.84 Å². The number of hydrogen-bond acceptors (Lipinski definition) is 4. The van der Waals surface area contributed by atoms with E-state index >= 15 is 0 Å². The molecular formula is C15H13NO5. The molecule has 0 saturated heterocycles. The number of nitro benzene ring substituents is 1. The third kappa shape index (κ3) is 3.36. The summed E-state index contributed by atoms with van der Waals surface area (Å²) >= 11 is 0. The van der Waals surface area contributed by atoms with Gasteiger partial charge < -0.3 is 9.84 Å². The Morgan fingerprint density at radius 3 is 2.29 bits per heavy atom. The summed E-state index contributed by atoms with van der Waals surface area (Å²) in [4.78, 5) is 21.3. The minimum Gasteiger partial charge on any atom is -0.478 e. The van der Waals surface area contributed by atoms with E-state index in [2.05, 4.69) is 0 Å². The van der Waals surface area contributed by atoms with Gasteiger partial charge in [0.2, 0.25) is 0 Å². The van der Waals surface area contributed by atoms with E-state index in [9.17, 15) is 14.9 Å². The van der Waals surface area contributed by atoms with Gasteiger partial charge in [0.1, 0.15) is 17.1 Å². The van der Waals surface area contributed by atoms with Crippen LogP contribution in [0.2, 0.25) is 0 Å². The Bertz CT molecular complexity index is 704. The molecule has 0 aliphatic heterocycles. The highest BCUT2D eigenvalue weighted by Gasteiger charge is 2.17. The summed E-state index contributed by atoms with van der Waals surface area (Å²) in [5.41, 5.74) is 1.41. The number of rotatable bonds is 4. The smallest absolute Gasteiger partial charge is 0.339 e. The summed E-state index contributed by atoms with van der Waals surface area (Å²) < 4.78 is 5.56. The molecule has 0 aromatic heterocycles. The number of carboxylic acids is 1. The van der Waals surface area contributed by atoms with Gasteiger partial charge in [-0.2, -0.15) is 0 Å². The van der Waals surface area contributed by atoms with E-state index in [1.54, 1.807) is 12.1 Å². The lowest BCUT2D eigenvalue weighted by Gasteiger charge is -2.10. The zero-order valence-electron chi connectivity index (χ0n) is 11.5. The van der Waals surface area contributed by atoms with Crippen molar-refractivity contribution in [3.63, 3.8) is 0 Å². The van der Waals surface area contributed by atoms with Gasteiger partial charge in [-0.15, -0.1) is 0 Å². The average molecular weight is 287 g/mol. The lowest BCUT2D eigenvalue weighted by molar-refractivity contribution is -0.384. The zero-order valence-corrected chi connectivity index (χ0v) is 11.5. The molecule has 21 heavy (non-hydrogen) atoms. The van der Waals surface area contributed by atoms with Crippen LogP contribution in [0.15, 0.2) is 36.4 Å². The maximum absolute atomic E-state index is 11.2. The van der Waals surface area contributed by atoms with Crippen LogP contribution in [0.1, 0.15) is 21.5 Å². The molecule has 0 spiro atoms. The third-order valence-electron chi connectivity index (χ3n) is 2.83. The van der Waals surface area contributed by atoms with Crippen LogP contribution >= 0.6 is 0 Å². The van der Waals surface area contributed by atoms with E-state index in [1.807, 2.05) is 19.9 Å². The molecule has 0 fully saturated rings. The molecular weight excluding hydrogens is 274 g/mol. The molecule has 2 rings (SSSR count). The monoisotopic (exact) mass is 287 g/mol. The predicted molar refractivity (Wildman–Crippen MR) is 76.0 cm³/mol. The molecule has 0 heterocycles. The molecule has 108 valence electrons. The lowest BCUT2D eigenvalue weighted by atomic mass is 10.1. The van der Waals surface area contributed by atoms with Crippen molar-refractivity contribution in [2.24, 2.45) is 0 Å². The number of benzene rings is 2. The number of nitrogens with zero attached hydrogens (tertiary/aromatic N) is 1. The van der Waals surface area contributed by atoms with Crippen LogP contribution in [-0.4, -0.2) is 16.0 Å². The van der Waals surface area contributed by atoms with Crippen molar-refractivity contribution >= 4 is 11.7 Å². The molecule has 6 nitrogen and oxygen atoms in total. The number of carboxylic acid groups (broad SMARTS) is 1. The Kier molecular flexibility index (Phi) is 3.89. The molecule has 0 aliphatic carbocycles. The van der Waals surface area contributed by atoms with Gasteiger partial charge in [-0.25, -0.2) is 4.79 Å². The fourth-order valence-corrected chi connectivity index (χ4v) is 2.01. The Morgan fingerprint density at radius 2 is 1.76 bits per heavy atom. The third-order valence-corrected chi connectivity index (χ3v) is 2.83. The first kappa shape index (κ1) is 14.5. The van der Waals surface area contributed by atoms with Crippen molar-refractivity contribution < 1.29 is 19.6 Å². The molecule has 0 saturated carbocycles. The Morgan fingerprint density at radius 1 is 1.14 bits per heavy atom. The predicted octanol–water partition coefficient (Wildman–Crippen LogP) is 3.70. The molecule has 0 unspecified atom stereocenters. The summed E-state index contributed by atoms with van der Waals surface area (Å²) in [6.07, 6.45) is 0. The molecule has 6 heteroatoms. The van der Waals surface area contributed by atoms with Crippen LogP contribution in [0.3, 0.4) is 0 Å². The van der Waals surface area contributed by atoms with E-state index in [0.29, 0.717) is 5.75 Å². The van der Waals surface area contributed by atoms with Gasteiger partial charge in [0.05, 0.1) is 4.92 Å². The first-order chi connectivity index (χ1) is 9.86. The number of ether oxygens (including phenoxy) is 1. The fraction of sp³-hybridized carbons (Fsp3) is 0.133. The van der Waals surface area contributed by atoms with Crippen molar-refractivity contribution in [1.82, 2.24) is 0 Å². The normalized spacial score (nSPS) is 10.2. The maximum atomic E-state index is 11.2. The van der Waals surface area contributed by atoms with Crippen LogP contribution in [-0.2, 0) is 0 Å². The van der Waals surface area contributed by atoms with Crippen LogP contribution in [0.5, 0.6) is 11.5 Å². The van der Waals surface area contributed by atoms with Crippen LogP contribution < -0.4 is 4.74 Å². The summed E-state index contributed by atoms with van der Waals surface area (Å²) in [7, 11) is 0. The largest absolute Gasteiger partial charge is 0.478 e. The SMILES string of the molecule is Cc1cc(C)cc(Oc2ccc([N+](=O)[O-])cc2C(=O)O)c1. The number of aromatic carboxylic acids is 1. The molecule has 0 radical (unpaired) electrons. The highest BCUT2D eigenvalue weighted by molar-refractivity contribution is 5.91. The van der Waals surface area contributed by atoms with Gasteiger partial charge >= 0.3 is 5.97 Å². The number of carbonyl (C=O) groups is 1. The molecule has 0 bridgehead atoms. The lowest BCUT2D eigenvalue weighted by Crippen LogP contribution is -2.01.